The van der Waals surface area contributed by atoms with Crippen LogP contribution in [0.25, 0.3) is 0 Å². The molecule has 152 valence electrons. The highest BCUT2D eigenvalue weighted by Crippen LogP contribution is 2.37. The van der Waals surface area contributed by atoms with Gasteiger partial charge in [0.2, 0.25) is 11.1 Å². The largest absolute Gasteiger partial charge is 0.328 e. The topological polar surface area (TPSA) is 103 Å². The molecule has 4 rings (SSSR count). The van der Waals surface area contributed by atoms with Gasteiger partial charge in [-0.05, 0) is 37.1 Å². The third kappa shape index (κ3) is 3.84. The third-order valence-corrected chi connectivity index (χ3v) is 5.75. The number of rotatable bonds is 6. The van der Waals surface area contributed by atoms with E-state index in [9.17, 15) is 14.9 Å². The van der Waals surface area contributed by atoms with Gasteiger partial charge in [0, 0.05) is 29.2 Å². The summed E-state index contributed by atoms with van der Waals surface area (Å²) in [5.41, 5.74) is 3.15. The van der Waals surface area contributed by atoms with Gasteiger partial charge in [-0.1, -0.05) is 42.1 Å². The second-order valence-electron chi connectivity index (χ2n) is 6.91. The number of nitrogens with zero attached hydrogens (tertiary/aromatic N) is 4. The lowest BCUT2D eigenvalue weighted by atomic mass is 9.93. The molecule has 0 amide bonds. The van der Waals surface area contributed by atoms with Crippen molar-refractivity contribution in [3.8, 4) is 0 Å². The Labute approximate surface area is 177 Å². The Morgan fingerprint density at radius 1 is 1.20 bits per heavy atom. The van der Waals surface area contributed by atoms with Gasteiger partial charge in [0.15, 0.2) is 5.78 Å². The summed E-state index contributed by atoms with van der Waals surface area (Å²) >= 11 is 1.51. The molecule has 9 heteroatoms. The van der Waals surface area contributed by atoms with E-state index in [1.54, 1.807) is 16.8 Å². The highest BCUT2D eigenvalue weighted by molar-refractivity contribution is 7.98. The molecule has 2 heterocycles. The van der Waals surface area contributed by atoms with Gasteiger partial charge in [-0.15, -0.1) is 5.10 Å². The summed E-state index contributed by atoms with van der Waals surface area (Å²) in [4.78, 5) is 27.6. The number of allylic oxidation sites excluding steroid dienone is 2. The van der Waals surface area contributed by atoms with Crippen LogP contribution in [0, 0.1) is 10.1 Å². The van der Waals surface area contributed by atoms with Crippen molar-refractivity contribution < 1.29 is 9.72 Å². The van der Waals surface area contributed by atoms with Gasteiger partial charge in [0.1, 0.15) is 6.04 Å². The maximum absolute atomic E-state index is 12.4. The van der Waals surface area contributed by atoms with Crippen LogP contribution >= 0.6 is 11.8 Å². The summed E-state index contributed by atoms with van der Waals surface area (Å²) in [7, 11) is 0. The molecule has 1 atom stereocenters. The molecule has 0 saturated carbocycles. The Kier molecular flexibility index (Phi) is 5.37. The second-order valence-corrected chi connectivity index (χ2v) is 7.85. The molecule has 1 aliphatic rings. The van der Waals surface area contributed by atoms with Crippen molar-refractivity contribution in [3.05, 3.63) is 87.1 Å². The lowest BCUT2D eigenvalue weighted by Gasteiger charge is -2.27. The van der Waals surface area contributed by atoms with E-state index in [4.69, 9.17) is 0 Å². The molecule has 0 bridgehead atoms. The number of fused-ring (bicyclic) bond motifs is 1. The quantitative estimate of drug-likeness (QED) is 0.358. The zero-order chi connectivity index (χ0) is 21.3. The van der Waals surface area contributed by atoms with Crippen LogP contribution in [0.5, 0.6) is 0 Å². The number of hydrogen-bond acceptors (Lipinski definition) is 7. The molecule has 8 nitrogen and oxygen atoms in total. The van der Waals surface area contributed by atoms with E-state index in [0.717, 1.165) is 16.9 Å². The molecule has 0 fully saturated rings. The summed E-state index contributed by atoms with van der Waals surface area (Å²) in [6.07, 6.45) is 0. The van der Waals surface area contributed by atoms with E-state index >= 15 is 0 Å². The van der Waals surface area contributed by atoms with E-state index in [2.05, 4.69) is 15.4 Å². The van der Waals surface area contributed by atoms with Gasteiger partial charge in [-0.25, -0.2) is 4.68 Å². The lowest BCUT2D eigenvalue weighted by Crippen LogP contribution is -2.27. The maximum Gasteiger partial charge on any atom is 0.269 e. The van der Waals surface area contributed by atoms with Gasteiger partial charge in [-0.3, -0.25) is 14.9 Å². The lowest BCUT2D eigenvalue weighted by molar-refractivity contribution is -0.384. The van der Waals surface area contributed by atoms with Crippen LogP contribution in [0.3, 0.4) is 0 Å². The molecule has 0 saturated heterocycles. The molecule has 1 aliphatic heterocycles. The highest BCUT2D eigenvalue weighted by atomic mass is 32.2. The fraction of sp³-hybridized carbons (Fsp3) is 0.190. The zero-order valence-corrected chi connectivity index (χ0v) is 17.2. The minimum atomic E-state index is -0.502. The van der Waals surface area contributed by atoms with Crippen molar-refractivity contribution in [2.24, 2.45) is 0 Å². The first-order valence-electron chi connectivity index (χ1n) is 9.30. The molecule has 1 unspecified atom stereocenters. The summed E-state index contributed by atoms with van der Waals surface area (Å²) in [6, 6.07) is 15.7. The SMILES string of the molecule is CC(=O)C1=C(C)Nc2nc(SCc3ccccc3)nn2C1c1ccc([N+](=O)[O-])cc1. The summed E-state index contributed by atoms with van der Waals surface area (Å²) in [6.45, 7) is 3.33. The average Bonchev–Trinajstić information content (AvgIpc) is 3.14. The molecule has 30 heavy (non-hydrogen) atoms. The van der Waals surface area contributed by atoms with Crippen molar-refractivity contribution >= 4 is 29.2 Å². The fourth-order valence-corrected chi connectivity index (χ4v) is 4.24. The minimum Gasteiger partial charge on any atom is -0.328 e. The van der Waals surface area contributed by atoms with Crippen LogP contribution in [-0.4, -0.2) is 25.5 Å². The average molecular weight is 421 g/mol. The monoisotopic (exact) mass is 421 g/mol. The third-order valence-electron chi connectivity index (χ3n) is 4.84. The second kappa shape index (κ2) is 8.11. The number of hydrogen-bond donors (Lipinski definition) is 1. The molecule has 0 radical (unpaired) electrons. The number of nitrogens with one attached hydrogen (secondary N) is 1. The Balaban J connectivity index is 1.70. The normalized spacial score (nSPS) is 15.5. The van der Waals surface area contributed by atoms with Crippen LogP contribution in [0.15, 0.2) is 71.0 Å². The van der Waals surface area contributed by atoms with E-state index < -0.39 is 11.0 Å². The van der Waals surface area contributed by atoms with E-state index in [-0.39, 0.29) is 11.5 Å². The predicted molar refractivity (Wildman–Crippen MR) is 114 cm³/mol. The van der Waals surface area contributed by atoms with Crippen molar-refractivity contribution in [1.82, 2.24) is 14.8 Å². The number of carbonyl (C=O) groups is 1. The van der Waals surface area contributed by atoms with Gasteiger partial charge in [-0.2, -0.15) is 4.98 Å². The molecular formula is C21H19N5O3S. The number of non-ortho nitro benzene ring substituents is 1. The number of carbonyl (C=O) groups excluding carboxylic acids is 1. The van der Waals surface area contributed by atoms with Crippen LogP contribution in [0.2, 0.25) is 0 Å². The first kappa shape index (κ1) is 19.8. The number of nitro benzene ring substituents is 1. The van der Waals surface area contributed by atoms with Gasteiger partial charge in [0.05, 0.1) is 4.92 Å². The summed E-state index contributed by atoms with van der Waals surface area (Å²) in [5.74, 6) is 1.16. The van der Waals surface area contributed by atoms with Crippen molar-refractivity contribution in [1.29, 1.82) is 0 Å². The number of anilines is 1. The van der Waals surface area contributed by atoms with Crippen molar-refractivity contribution in [3.63, 3.8) is 0 Å². The highest BCUT2D eigenvalue weighted by Gasteiger charge is 2.32. The Morgan fingerprint density at radius 2 is 1.90 bits per heavy atom. The summed E-state index contributed by atoms with van der Waals surface area (Å²) in [5, 5.41) is 19.4. The maximum atomic E-state index is 12.4. The number of Topliss-reactive ketones (excluding diaryl/α,β-unsaturated/α-hetero) is 1. The van der Waals surface area contributed by atoms with Gasteiger partial charge in [0.25, 0.3) is 5.69 Å². The number of thioether (sulfide) groups is 1. The minimum absolute atomic E-state index is 0.00400. The molecule has 2 aromatic carbocycles. The molecular weight excluding hydrogens is 402 g/mol. The van der Waals surface area contributed by atoms with Crippen LogP contribution < -0.4 is 5.32 Å². The number of ketones is 1. The fourth-order valence-electron chi connectivity index (χ4n) is 3.46. The predicted octanol–water partition coefficient (Wildman–Crippen LogP) is 4.36. The molecule has 1 N–H and O–H groups in total. The van der Waals surface area contributed by atoms with Crippen LogP contribution in [0.4, 0.5) is 11.6 Å². The first-order valence-corrected chi connectivity index (χ1v) is 10.3. The van der Waals surface area contributed by atoms with E-state index in [0.29, 0.717) is 22.4 Å². The van der Waals surface area contributed by atoms with Gasteiger partial charge < -0.3 is 5.32 Å². The smallest absolute Gasteiger partial charge is 0.269 e. The standard InChI is InChI=1S/C21H19N5O3S/c1-13-18(14(2)27)19(16-8-10-17(11-9-16)26(28)29)25-20(22-13)23-21(24-25)30-12-15-6-4-3-5-7-15/h3-11,19H,12H2,1-2H3,(H,22,23,24). The molecule has 0 spiro atoms. The van der Waals surface area contributed by atoms with E-state index in [1.807, 2.05) is 37.3 Å². The van der Waals surface area contributed by atoms with Crippen LogP contribution in [0.1, 0.15) is 31.0 Å². The van der Waals surface area contributed by atoms with Gasteiger partial charge >= 0.3 is 0 Å². The van der Waals surface area contributed by atoms with Crippen molar-refractivity contribution in [2.75, 3.05) is 5.32 Å². The zero-order valence-electron chi connectivity index (χ0n) is 16.4. The van der Waals surface area contributed by atoms with Crippen molar-refractivity contribution in [2.45, 2.75) is 30.8 Å². The van der Waals surface area contributed by atoms with E-state index in [1.165, 1.54) is 30.8 Å². The number of benzene rings is 2. The first-order chi connectivity index (χ1) is 14.4. The number of aromatic nitrogens is 3. The Hall–Kier alpha value is -3.46. The molecule has 3 aromatic rings. The Bertz CT molecular complexity index is 1140. The molecule has 0 aliphatic carbocycles. The summed E-state index contributed by atoms with van der Waals surface area (Å²) < 4.78 is 1.68. The Morgan fingerprint density at radius 3 is 2.53 bits per heavy atom. The number of nitro groups is 1. The molecule has 1 aromatic heterocycles. The van der Waals surface area contributed by atoms with Crippen LogP contribution in [-0.2, 0) is 10.5 Å².